The number of amides is 1. The Bertz CT molecular complexity index is 1740. The number of furan rings is 1. The van der Waals surface area contributed by atoms with Gasteiger partial charge in [-0.2, -0.15) is 13.2 Å². The van der Waals surface area contributed by atoms with E-state index in [9.17, 15) is 30.8 Å². The Labute approximate surface area is 248 Å². The molecule has 0 fully saturated rings. The predicted molar refractivity (Wildman–Crippen MR) is 153 cm³/mol. The number of methoxy groups -OCH3 is 1. The quantitative estimate of drug-likeness (QED) is 0.219. The SMILES string of the molecule is CNC(=O)c1c(-c2ccc(Oc3ccc(F)cc3)cc2)oc2cc(N(CCN)S(C)(=O)=O)c(OC)cc12.O=C(O)C(F)(F)F. The molecule has 44 heavy (non-hydrogen) atoms. The van der Waals surface area contributed by atoms with Crippen molar-refractivity contribution in [2.45, 2.75) is 6.18 Å². The summed E-state index contributed by atoms with van der Waals surface area (Å²) in [6.45, 7) is 0.125. The third-order valence-corrected chi connectivity index (χ3v) is 7.03. The third-order valence-electron chi connectivity index (χ3n) is 5.85. The van der Waals surface area contributed by atoms with Crippen molar-refractivity contribution in [2.24, 2.45) is 5.73 Å². The summed E-state index contributed by atoms with van der Waals surface area (Å²) >= 11 is 0. The Balaban J connectivity index is 0.000000676. The molecule has 3 aromatic carbocycles. The lowest BCUT2D eigenvalue weighted by Gasteiger charge is -2.23. The van der Waals surface area contributed by atoms with Crippen molar-refractivity contribution >= 4 is 38.6 Å². The maximum absolute atomic E-state index is 13.2. The van der Waals surface area contributed by atoms with Gasteiger partial charge in [-0.3, -0.25) is 9.10 Å². The number of benzene rings is 3. The number of halogens is 4. The molecule has 1 aromatic heterocycles. The maximum atomic E-state index is 13.2. The van der Waals surface area contributed by atoms with Crippen molar-refractivity contribution in [3.63, 3.8) is 0 Å². The van der Waals surface area contributed by atoms with Crippen molar-refractivity contribution in [1.82, 2.24) is 5.32 Å². The van der Waals surface area contributed by atoms with E-state index in [2.05, 4.69) is 5.32 Å². The van der Waals surface area contributed by atoms with Crippen LogP contribution in [0.25, 0.3) is 22.3 Å². The second-order valence-electron chi connectivity index (χ2n) is 8.91. The number of carbonyl (C=O) groups is 2. The summed E-state index contributed by atoms with van der Waals surface area (Å²) in [5.74, 6) is -2.01. The van der Waals surface area contributed by atoms with Crippen LogP contribution in [0, 0.1) is 5.82 Å². The average molecular weight is 642 g/mol. The van der Waals surface area contributed by atoms with E-state index in [0.29, 0.717) is 28.0 Å². The largest absolute Gasteiger partial charge is 0.495 e. The number of anilines is 1. The van der Waals surface area contributed by atoms with Crippen LogP contribution < -0.4 is 24.8 Å². The molecule has 0 saturated heterocycles. The summed E-state index contributed by atoms with van der Waals surface area (Å²) in [7, 11) is -0.760. The van der Waals surface area contributed by atoms with Gasteiger partial charge in [-0.25, -0.2) is 17.6 Å². The molecule has 4 N–H and O–H groups in total. The molecule has 0 unspecified atom stereocenters. The number of nitrogens with one attached hydrogen (secondary N) is 1. The Kier molecular flexibility index (Phi) is 10.4. The lowest BCUT2D eigenvalue weighted by atomic mass is 10.0. The number of nitrogens with zero attached hydrogens (tertiary/aromatic N) is 1. The van der Waals surface area contributed by atoms with Gasteiger partial charge in [-0.15, -0.1) is 0 Å². The van der Waals surface area contributed by atoms with Crippen LogP contribution in [-0.2, 0) is 14.8 Å². The number of hydrogen-bond acceptors (Lipinski definition) is 8. The fraction of sp³-hybridized carbons (Fsp3) is 0.214. The zero-order chi connectivity index (χ0) is 32.8. The molecule has 0 atom stereocenters. The number of hydrogen-bond donors (Lipinski definition) is 3. The Hall–Kier alpha value is -4.83. The number of carboxylic acid groups (broad SMARTS) is 1. The molecular formula is C28H27F4N3O8S. The van der Waals surface area contributed by atoms with Crippen LogP contribution >= 0.6 is 0 Å². The van der Waals surface area contributed by atoms with E-state index in [1.54, 1.807) is 30.3 Å². The molecule has 1 amide bonds. The highest BCUT2D eigenvalue weighted by Crippen LogP contribution is 2.41. The van der Waals surface area contributed by atoms with Gasteiger partial charge in [0.15, 0.2) is 0 Å². The number of carbonyl (C=O) groups excluding carboxylic acids is 1. The van der Waals surface area contributed by atoms with Gasteiger partial charge in [0, 0.05) is 37.2 Å². The van der Waals surface area contributed by atoms with Crippen LogP contribution in [0.15, 0.2) is 65.1 Å². The van der Waals surface area contributed by atoms with Gasteiger partial charge in [-0.1, -0.05) is 0 Å². The van der Waals surface area contributed by atoms with Gasteiger partial charge >= 0.3 is 12.1 Å². The van der Waals surface area contributed by atoms with Crippen molar-refractivity contribution < 1.29 is 54.6 Å². The minimum Gasteiger partial charge on any atom is -0.495 e. The average Bonchev–Trinajstić information content (AvgIpc) is 3.34. The monoisotopic (exact) mass is 641 g/mol. The first-order valence-corrected chi connectivity index (χ1v) is 14.3. The van der Waals surface area contributed by atoms with Gasteiger partial charge in [-0.05, 0) is 54.6 Å². The number of nitrogens with two attached hydrogens (primary N) is 1. The van der Waals surface area contributed by atoms with E-state index in [1.165, 1.54) is 44.5 Å². The summed E-state index contributed by atoms with van der Waals surface area (Å²) in [6.07, 6.45) is -4.01. The molecular weight excluding hydrogens is 614 g/mol. The van der Waals surface area contributed by atoms with Crippen LogP contribution in [0.2, 0.25) is 0 Å². The van der Waals surface area contributed by atoms with E-state index < -0.39 is 28.1 Å². The van der Waals surface area contributed by atoms with Gasteiger partial charge in [0.05, 0.1) is 24.6 Å². The van der Waals surface area contributed by atoms with Crippen molar-refractivity contribution in [3.05, 3.63) is 72.0 Å². The Morgan fingerprint density at radius 2 is 1.59 bits per heavy atom. The topological polar surface area (TPSA) is 161 Å². The molecule has 0 radical (unpaired) electrons. The number of alkyl halides is 3. The maximum Gasteiger partial charge on any atom is 0.490 e. The van der Waals surface area contributed by atoms with Crippen LogP contribution in [0.5, 0.6) is 17.2 Å². The van der Waals surface area contributed by atoms with E-state index >= 15 is 0 Å². The number of fused-ring (bicyclic) bond motifs is 1. The van der Waals surface area contributed by atoms with E-state index in [1.807, 2.05) is 0 Å². The highest BCUT2D eigenvalue weighted by molar-refractivity contribution is 7.92. The van der Waals surface area contributed by atoms with Crippen LogP contribution in [-0.4, -0.2) is 65.1 Å². The number of ether oxygens (including phenoxy) is 2. The Morgan fingerprint density at radius 3 is 2.05 bits per heavy atom. The van der Waals surface area contributed by atoms with Gasteiger partial charge < -0.3 is 30.0 Å². The smallest absolute Gasteiger partial charge is 0.490 e. The van der Waals surface area contributed by atoms with Gasteiger partial charge in [0.1, 0.15) is 34.4 Å². The highest BCUT2D eigenvalue weighted by Gasteiger charge is 2.38. The lowest BCUT2D eigenvalue weighted by molar-refractivity contribution is -0.192. The molecule has 0 aliphatic heterocycles. The van der Waals surface area contributed by atoms with Gasteiger partial charge in [0.25, 0.3) is 5.91 Å². The molecule has 11 nitrogen and oxygen atoms in total. The van der Waals surface area contributed by atoms with Crippen molar-refractivity contribution in [3.8, 4) is 28.6 Å². The first-order valence-electron chi connectivity index (χ1n) is 12.5. The summed E-state index contributed by atoms with van der Waals surface area (Å²) < 4.78 is 88.2. The molecule has 1 heterocycles. The molecule has 0 aliphatic rings. The normalized spacial score (nSPS) is 11.4. The number of rotatable bonds is 9. The standard InChI is InChI=1S/C26H26FN3O6S.C2HF3O2/c1-29-26(31)24-20-14-23(34-2)21(30(13-12-28)37(3,32)33)15-22(20)36-25(24)16-4-8-18(9-5-16)35-19-10-6-17(27)7-11-19;3-2(4,5)1(6)7/h4-11,14-15H,12-13,28H2,1-3H3,(H,29,31);(H,6,7). The second-order valence-corrected chi connectivity index (χ2v) is 10.8. The molecule has 0 saturated carbocycles. The first kappa shape index (κ1) is 33.7. The molecule has 0 bridgehead atoms. The number of carboxylic acids is 1. The van der Waals surface area contributed by atoms with Crippen LogP contribution in [0.3, 0.4) is 0 Å². The lowest BCUT2D eigenvalue weighted by Crippen LogP contribution is -2.34. The second kappa shape index (κ2) is 13.6. The highest BCUT2D eigenvalue weighted by atomic mass is 32.2. The molecule has 4 rings (SSSR count). The molecule has 0 spiro atoms. The van der Waals surface area contributed by atoms with E-state index in [4.69, 9.17) is 29.5 Å². The minimum atomic E-state index is -5.08. The summed E-state index contributed by atoms with van der Waals surface area (Å²) in [5, 5.41) is 10.2. The summed E-state index contributed by atoms with van der Waals surface area (Å²) in [6, 6.07) is 15.6. The van der Waals surface area contributed by atoms with Crippen LogP contribution in [0.1, 0.15) is 10.4 Å². The Morgan fingerprint density at radius 1 is 1.05 bits per heavy atom. The molecule has 236 valence electrons. The summed E-state index contributed by atoms with van der Waals surface area (Å²) in [4.78, 5) is 21.8. The van der Waals surface area contributed by atoms with E-state index in [-0.39, 0.29) is 41.7 Å². The van der Waals surface area contributed by atoms with Gasteiger partial charge in [0.2, 0.25) is 10.0 Å². The third kappa shape index (κ3) is 7.96. The fourth-order valence-electron chi connectivity index (χ4n) is 3.92. The number of aliphatic carboxylic acids is 1. The summed E-state index contributed by atoms with van der Waals surface area (Å²) in [5.41, 5.74) is 7.04. The molecule has 16 heteroatoms. The predicted octanol–water partition coefficient (Wildman–Crippen LogP) is 4.76. The zero-order valence-corrected chi connectivity index (χ0v) is 24.3. The van der Waals surface area contributed by atoms with Crippen LogP contribution in [0.4, 0.5) is 23.2 Å². The fourth-order valence-corrected chi connectivity index (χ4v) is 4.86. The first-order chi connectivity index (χ1) is 20.6. The molecule has 4 aromatic rings. The minimum absolute atomic E-state index is 0.0338. The van der Waals surface area contributed by atoms with Crippen molar-refractivity contribution in [1.29, 1.82) is 0 Å². The zero-order valence-electron chi connectivity index (χ0n) is 23.4. The van der Waals surface area contributed by atoms with Crippen molar-refractivity contribution in [2.75, 3.05) is 37.8 Å². The number of sulfonamides is 1. The molecule has 0 aliphatic carbocycles. The van der Waals surface area contributed by atoms with E-state index in [0.717, 1.165) is 10.6 Å².